The zero-order chi connectivity index (χ0) is 10.7. The van der Waals surface area contributed by atoms with Crippen LogP contribution in [0.5, 0.6) is 0 Å². The highest BCUT2D eigenvalue weighted by Gasteiger charge is 2.15. The van der Waals surface area contributed by atoms with Crippen LogP contribution in [0, 0.1) is 0 Å². The first-order valence-electron chi connectivity index (χ1n) is 6.07. The fourth-order valence-corrected chi connectivity index (χ4v) is 3.15. The SMILES string of the molecule is CCCc1ccc2c(c1)C(Br)CCCC2. The van der Waals surface area contributed by atoms with E-state index in [0.717, 1.165) is 0 Å². The summed E-state index contributed by atoms with van der Waals surface area (Å²) in [5.41, 5.74) is 4.62. The lowest BCUT2D eigenvalue weighted by Gasteiger charge is -2.12. The number of fused-ring (bicyclic) bond motifs is 1. The maximum atomic E-state index is 3.82. The number of alkyl halides is 1. The van der Waals surface area contributed by atoms with E-state index in [2.05, 4.69) is 41.1 Å². The first-order valence-corrected chi connectivity index (χ1v) is 6.98. The van der Waals surface area contributed by atoms with Gasteiger partial charge >= 0.3 is 0 Å². The predicted octanol–water partition coefficient (Wildman–Crippen LogP) is 4.80. The fraction of sp³-hybridized carbons (Fsp3) is 0.571. The summed E-state index contributed by atoms with van der Waals surface area (Å²) in [6.07, 6.45) is 7.72. The molecule has 0 N–H and O–H groups in total. The third kappa shape index (κ3) is 2.63. The summed E-state index contributed by atoms with van der Waals surface area (Å²) in [5.74, 6) is 0. The van der Waals surface area contributed by atoms with Gasteiger partial charge in [-0.15, -0.1) is 0 Å². The standard InChI is InChI=1S/C14H19Br/c1-2-5-11-8-9-12-6-3-4-7-14(15)13(12)10-11/h8-10,14H,2-7H2,1H3. The quantitative estimate of drug-likeness (QED) is 0.533. The Labute approximate surface area is 101 Å². The lowest BCUT2D eigenvalue weighted by molar-refractivity contribution is 0.708. The monoisotopic (exact) mass is 266 g/mol. The molecule has 0 fully saturated rings. The predicted molar refractivity (Wildman–Crippen MR) is 69.7 cm³/mol. The Balaban J connectivity index is 2.31. The number of rotatable bonds is 2. The zero-order valence-electron chi connectivity index (χ0n) is 9.43. The summed E-state index contributed by atoms with van der Waals surface area (Å²) in [6.45, 7) is 2.25. The largest absolute Gasteiger partial charge is 0.0839 e. The third-order valence-electron chi connectivity index (χ3n) is 3.24. The Kier molecular flexibility index (Phi) is 3.85. The number of aryl methyl sites for hydroxylation is 2. The minimum absolute atomic E-state index is 0.590. The van der Waals surface area contributed by atoms with Gasteiger partial charge in [-0.05, 0) is 42.4 Å². The number of halogens is 1. The van der Waals surface area contributed by atoms with E-state index in [9.17, 15) is 0 Å². The maximum absolute atomic E-state index is 3.82. The van der Waals surface area contributed by atoms with Gasteiger partial charge in [-0.25, -0.2) is 0 Å². The van der Waals surface area contributed by atoms with Gasteiger partial charge in [0.15, 0.2) is 0 Å². The van der Waals surface area contributed by atoms with Crippen molar-refractivity contribution in [2.75, 3.05) is 0 Å². The molecule has 0 bridgehead atoms. The molecule has 0 nitrogen and oxygen atoms in total. The Morgan fingerprint density at radius 2 is 2.20 bits per heavy atom. The first kappa shape index (κ1) is 11.2. The van der Waals surface area contributed by atoms with E-state index < -0.39 is 0 Å². The second kappa shape index (κ2) is 5.16. The highest BCUT2D eigenvalue weighted by atomic mass is 79.9. The van der Waals surface area contributed by atoms with Crippen molar-refractivity contribution < 1.29 is 0 Å². The van der Waals surface area contributed by atoms with Crippen molar-refractivity contribution in [3.63, 3.8) is 0 Å². The van der Waals surface area contributed by atoms with Crippen molar-refractivity contribution in [3.05, 3.63) is 34.9 Å². The molecule has 1 atom stereocenters. The van der Waals surface area contributed by atoms with Crippen LogP contribution in [0.3, 0.4) is 0 Å². The molecule has 15 heavy (non-hydrogen) atoms. The summed E-state index contributed by atoms with van der Waals surface area (Å²) in [5, 5.41) is 0. The van der Waals surface area contributed by atoms with E-state index >= 15 is 0 Å². The van der Waals surface area contributed by atoms with Crippen molar-refractivity contribution in [2.45, 2.75) is 50.3 Å². The molecule has 1 aromatic carbocycles. The van der Waals surface area contributed by atoms with Crippen LogP contribution in [0.1, 0.15) is 54.1 Å². The van der Waals surface area contributed by atoms with Crippen LogP contribution in [-0.4, -0.2) is 0 Å². The number of hydrogen-bond acceptors (Lipinski definition) is 0. The molecule has 0 radical (unpaired) electrons. The van der Waals surface area contributed by atoms with Crippen LogP contribution in [0.15, 0.2) is 18.2 Å². The summed E-state index contributed by atoms with van der Waals surface area (Å²) in [7, 11) is 0. The van der Waals surface area contributed by atoms with Gasteiger partial charge in [-0.2, -0.15) is 0 Å². The Morgan fingerprint density at radius 3 is 3.00 bits per heavy atom. The topological polar surface area (TPSA) is 0 Å². The van der Waals surface area contributed by atoms with Gasteiger partial charge < -0.3 is 0 Å². The normalized spacial score (nSPS) is 20.8. The van der Waals surface area contributed by atoms with Crippen LogP contribution in [0.2, 0.25) is 0 Å². The molecule has 1 aliphatic carbocycles. The molecule has 2 rings (SSSR count). The molecular weight excluding hydrogens is 248 g/mol. The summed E-state index contributed by atoms with van der Waals surface area (Å²) >= 11 is 3.82. The van der Waals surface area contributed by atoms with Crippen LogP contribution >= 0.6 is 15.9 Å². The highest BCUT2D eigenvalue weighted by Crippen LogP contribution is 2.35. The fourth-order valence-electron chi connectivity index (χ4n) is 2.40. The second-order valence-electron chi connectivity index (χ2n) is 4.50. The second-order valence-corrected chi connectivity index (χ2v) is 5.60. The van der Waals surface area contributed by atoms with Gasteiger partial charge in [0.1, 0.15) is 0 Å². The maximum Gasteiger partial charge on any atom is 0.0398 e. The Bertz CT molecular complexity index is 330. The summed E-state index contributed by atoms with van der Waals surface area (Å²) in [4.78, 5) is 0.590. The summed E-state index contributed by atoms with van der Waals surface area (Å²) < 4.78 is 0. The van der Waals surface area contributed by atoms with E-state index in [4.69, 9.17) is 0 Å². The average molecular weight is 267 g/mol. The molecule has 0 heterocycles. The molecule has 0 spiro atoms. The first-order chi connectivity index (χ1) is 7.31. The molecule has 1 aliphatic rings. The van der Waals surface area contributed by atoms with Crippen LogP contribution in [0.4, 0.5) is 0 Å². The van der Waals surface area contributed by atoms with Gasteiger partial charge in [-0.1, -0.05) is 53.9 Å². The van der Waals surface area contributed by atoms with Gasteiger partial charge in [0.2, 0.25) is 0 Å². The van der Waals surface area contributed by atoms with Crippen molar-refractivity contribution in [1.82, 2.24) is 0 Å². The summed E-state index contributed by atoms with van der Waals surface area (Å²) in [6, 6.07) is 7.08. The molecule has 0 aliphatic heterocycles. The van der Waals surface area contributed by atoms with Gasteiger partial charge in [0.25, 0.3) is 0 Å². The van der Waals surface area contributed by atoms with Crippen LogP contribution < -0.4 is 0 Å². The van der Waals surface area contributed by atoms with E-state index in [1.54, 1.807) is 11.1 Å². The smallest absolute Gasteiger partial charge is 0.0398 e. The minimum Gasteiger partial charge on any atom is -0.0839 e. The molecule has 0 aromatic heterocycles. The Hall–Kier alpha value is -0.300. The van der Waals surface area contributed by atoms with Crippen molar-refractivity contribution in [3.8, 4) is 0 Å². The van der Waals surface area contributed by atoms with Crippen molar-refractivity contribution in [2.24, 2.45) is 0 Å². The van der Waals surface area contributed by atoms with Crippen molar-refractivity contribution in [1.29, 1.82) is 0 Å². The van der Waals surface area contributed by atoms with E-state index in [1.165, 1.54) is 44.1 Å². The minimum atomic E-state index is 0.590. The van der Waals surface area contributed by atoms with Gasteiger partial charge in [0.05, 0.1) is 0 Å². The molecule has 82 valence electrons. The average Bonchev–Trinajstić information content (AvgIpc) is 2.42. The third-order valence-corrected chi connectivity index (χ3v) is 4.19. The lowest BCUT2D eigenvalue weighted by atomic mass is 9.98. The van der Waals surface area contributed by atoms with Gasteiger partial charge in [0, 0.05) is 4.83 Å². The van der Waals surface area contributed by atoms with E-state index in [-0.39, 0.29) is 0 Å². The molecule has 1 aromatic rings. The van der Waals surface area contributed by atoms with E-state index in [0.29, 0.717) is 4.83 Å². The lowest BCUT2D eigenvalue weighted by Crippen LogP contribution is -1.95. The van der Waals surface area contributed by atoms with E-state index in [1.807, 2.05) is 0 Å². The number of benzene rings is 1. The zero-order valence-corrected chi connectivity index (χ0v) is 11.0. The molecular formula is C14H19Br. The molecule has 1 heteroatoms. The Morgan fingerprint density at radius 1 is 1.33 bits per heavy atom. The molecule has 0 amide bonds. The molecule has 1 unspecified atom stereocenters. The van der Waals surface area contributed by atoms with Gasteiger partial charge in [-0.3, -0.25) is 0 Å². The molecule has 0 saturated heterocycles. The van der Waals surface area contributed by atoms with Crippen molar-refractivity contribution >= 4 is 15.9 Å². The number of hydrogen-bond donors (Lipinski definition) is 0. The van der Waals surface area contributed by atoms with Crippen LogP contribution in [-0.2, 0) is 12.8 Å². The highest BCUT2D eigenvalue weighted by molar-refractivity contribution is 9.09. The van der Waals surface area contributed by atoms with Crippen LogP contribution in [0.25, 0.3) is 0 Å². The molecule has 0 saturated carbocycles.